The van der Waals surface area contributed by atoms with Crippen molar-refractivity contribution in [1.82, 2.24) is 4.98 Å². The second kappa shape index (κ2) is 7.75. The minimum absolute atomic E-state index is 0.0761. The lowest BCUT2D eigenvalue weighted by atomic mass is 10.2. The molecule has 154 valence electrons. The summed E-state index contributed by atoms with van der Waals surface area (Å²) in [6.45, 7) is 1.93. The molecule has 0 radical (unpaired) electrons. The molecule has 0 aliphatic rings. The summed E-state index contributed by atoms with van der Waals surface area (Å²) in [5.41, 5.74) is 2.47. The maximum absolute atomic E-state index is 12.9. The zero-order valence-electron chi connectivity index (χ0n) is 15.7. The number of fused-ring (bicyclic) bond motifs is 1. The van der Waals surface area contributed by atoms with Gasteiger partial charge in [-0.2, -0.15) is 8.42 Å². The molecule has 0 aliphatic heterocycles. The number of rotatable bonds is 5. The Morgan fingerprint density at radius 3 is 2.73 bits per heavy atom. The minimum atomic E-state index is -4.36. The van der Waals surface area contributed by atoms with Gasteiger partial charge in [0, 0.05) is 11.1 Å². The van der Waals surface area contributed by atoms with Gasteiger partial charge >= 0.3 is 16.1 Å². The number of carbonyl (C=O) groups excluding carboxylic acids is 1. The number of methoxy groups -OCH3 is 1. The summed E-state index contributed by atoms with van der Waals surface area (Å²) in [5, 5.41) is 1.72. The Bertz CT molecular complexity index is 1370. The third-order valence-corrected chi connectivity index (χ3v) is 6.72. The van der Waals surface area contributed by atoms with Gasteiger partial charge in [0.15, 0.2) is 11.3 Å². The minimum Gasteiger partial charge on any atom is -0.465 e. The average Bonchev–Trinajstić information content (AvgIpc) is 3.34. The summed E-state index contributed by atoms with van der Waals surface area (Å²) in [4.78, 5) is 15.9. The van der Waals surface area contributed by atoms with E-state index in [2.05, 4.69) is 9.72 Å². The summed E-state index contributed by atoms with van der Waals surface area (Å²) < 4.78 is 41.6. The predicted molar refractivity (Wildman–Crippen MR) is 113 cm³/mol. The number of hydrogen-bond donors (Lipinski definition) is 0. The van der Waals surface area contributed by atoms with Crippen LogP contribution in [0.2, 0.25) is 5.02 Å². The normalized spacial score (nSPS) is 11.6. The van der Waals surface area contributed by atoms with E-state index in [-0.39, 0.29) is 26.4 Å². The van der Waals surface area contributed by atoms with Crippen LogP contribution in [0.3, 0.4) is 0 Å². The SMILES string of the molecule is COC(=O)c1sccc1S(=O)(=O)Oc1cc(Cl)ccc1-c1nc2cc(C)ccc2o1. The van der Waals surface area contributed by atoms with Crippen LogP contribution in [0.15, 0.2) is 57.2 Å². The van der Waals surface area contributed by atoms with Gasteiger partial charge in [-0.05, 0) is 48.2 Å². The highest BCUT2D eigenvalue weighted by Gasteiger charge is 2.28. The first-order valence-corrected chi connectivity index (χ1v) is 11.2. The third kappa shape index (κ3) is 3.79. The molecule has 0 N–H and O–H groups in total. The van der Waals surface area contributed by atoms with Crippen molar-refractivity contribution in [2.75, 3.05) is 7.11 Å². The molecule has 0 unspecified atom stereocenters. The van der Waals surface area contributed by atoms with Crippen LogP contribution in [0, 0.1) is 6.92 Å². The molecular formula is C20H14ClNO6S2. The monoisotopic (exact) mass is 463 g/mol. The van der Waals surface area contributed by atoms with E-state index < -0.39 is 16.1 Å². The molecule has 2 aromatic heterocycles. The molecule has 0 spiro atoms. The van der Waals surface area contributed by atoms with Gasteiger partial charge in [-0.1, -0.05) is 17.7 Å². The zero-order chi connectivity index (χ0) is 21.5. The van der Waals surface area contributed by atoms with Crippen LogP contribution >= 0.6 is 22.9 Å². The molecule has 10 heteroatoms. The Morgan fingerprint density at radius 2 is 1.97 bits per heavy atom. The first-order valence-electron chi connectivity index (χ1n) is 8.56. The van der Waals surface area contributed by atoms with Crippen molar-refractivity contribution in [2.45, 2.75) is 11.8 Å². The van der Waals surface area contributed by atoms with Crippen molar-refractivity contribution in [1.29, 1.82) is 0 Å². The van der Waals surface area contributed by atoms with E-state index in [1.54, 1.807) is 18.2 Å². The molecule has 0 saturated carbocycles. The van der Waals surface area contributed by atoms with Gasteiger partial charge in [-0.3, -0.25) is 0 Å². The van der Waals surface area contributed by atoms with Crippen LogP contribution in [-0.4, -0.2) is 26.5 Å². The number of oxazole rings is 1. The fraction of sp³-hybridized carbons (Fsp3) is 0.100. The number of aromatic nitrogens is 1. The van der Waals surface area contributed by atoms with E-state index in [4.69, 9.17) is 20.2 Å². The van der Waals surface area contributed by atoms with E-state index in [1.807, 2.05) is 19.1 Å². The summed E-state index contributed by atoms with van der Waals surface area (Å²) in [6, 6.07) is 11.3. The van der Waals surface area contributed by atoms with E-state index in [0.29, 0.717) is 16.7 Å². The fourth-order valence-corrected chi connectivity index (χ4v) is 5.21. The highest BCUT2D eigenvalue weighted by molar-refractivity contribution is 7.87. The quantitative estimate of drug-likeness (QED) is 0.301. The Kier molecular flexibility index (Phi) is 5.27. The van der Waals surface area contributed by atoms with Gasteiger partial charge in [0.25, 0.3) is 0 Å². The van der Waals surface area contributed by atoms with Crippen molar-refractivity contribution in [3.63, 3.8) is 0 Å². The largest absolute Gasteiger partial charge is 0.465 e. The Hall–Kier alpha value is -2.88. The number of ether oxygens (including phenoxy) is 1. The van der Waals surface area contributed by atoms with Crippen LogP contribution in [-0.2, 0) is 14.9 Å². The molecule has 7 nitrogen and oxygen atoms in total. The summed E-state index contributed by atoms with van der Waals surface area (Å²) in [6.07, 6.45) is 0. The lowest BCUT2D eigenvalue weighted by Gasteiger charge is -2.10. The number of esters is 1. The van der Waals surface area contributed by atoms with Crippen molar-refractivity contribution in [2.24, 2.45) is 0 Å². The second-order valence-corrected chi connectivity index (χ2v) is 9.14. The molecular weight excluding hydrogens is 450 g/mol. The smallest absolute Gasteiger partial charge is 0.349 e. The molecule has 0 amide bonds. The van der Waals surface area contributed by atoms with Crippen LogP contribution in [0.5, 0.6) is 5.75 Å². The van der Waals surface area contributed by atoms with Crippen molar-refractivity contribution in [3.05, 3.63) is 63.3 Å². The second-order valence-electron chi connectivity index (χ2n) is 6.27. The topological polar surface area (TPSA) is 95.7 Å². The van der Waals surface area contributed by atoms with Crippen molar-refractivity contribution in [3.8, 4) is 17.2 Å². The van der Waals surface area contributed by atoms with Gasteiger partial charge in [0.1, 0.15) is 15.3 Å². The van der Waals surface area contributed by atoms with Gasteiger partial charge in [-0.25, -0.2) is 9.78 Å². The lowest BCUT2D eigenvalue weighted by Crippen LogP contribution is -2.13. The predicted octanol–water partition coefficient (Wildman–Crippen LogP) is 5.07. The first-order chi connectivity index (χ1) is 14.3. The molecule has 4 aromatic rings. The highest BCUT2D eigenvalue weighted by Crippen LogP contribution is 2.36. The Balaban J connectivity index is 1.79. The molecule has 4 rings (SSSR count). The van der Waals surface area contributed by atoms with E-state index in [9.17, 15) is 13.2 Å². The van der Waals surface area contributed by atoms with Crippen LogP contribution < -0.4 is 4.18 Å². The molecule has 0 bridgehead atoms. The molecule has 0 saturated heterocycles. The third-order valence-electron chi connectivity index (χ3n) is 4.19. The molecule has 0 aliphatic carbocycles. The molecule has 0 fully saturated rings. The number of hydrogen-bond acceptors (Lipinski definition) is 8. The average molecular weight is 464 g/mol. The zero-order valence-corrected chi connectivity index (χ0v) is 18.1. The summed E-state index contributed by atoms with van der Waals surface area (Å²) >= 11 is 7.00. The molecule has 0 atom stereocenters. The lowest BCUT2D eigenvalue weighted by molar-refractivity contribution is 0.0602. The van der Waals surface area contributed by atoms with Gasteiger partial charge < -0.3 is 13.3 Å². The molecule has 30 heavy (non-hydrogen) atoms. The van der Waals surface area contributed by atoms with Gasteiger partial charge in [0.2, 0.25) is 5.89 Å². The molecule has 2 aromatic carbocycles. The van der Waals surface area contributed by atoms with Gasteiger partial charge in [0.05, 0.1) is 12.7 Å². The Labute approximate surface area is 181 Å². The van der Waals surface area contributed by atoms with E-state index >= 15 is 0 Å². The number of nitrogens with zero attached hydrogens (tertiary/aromatic N) is 1. The fourth-order valence-electron chi connectivity index (χ4n) is 2.79. The summed E-state index contributed by atoms with van der Waals surface area (Å²) in [7, 11) is -3.19. The Morgan fingerprint density at radius 1 is 1.17 bits per heavy atom. The number of aryl methyl sites for hydroxylation is 1. The standard InChI is InChI=1S/C20H14ClNO6S2/c1-11-3-6-15-14(9-11)22-19(27-15)13-5-4-12(21)10-16(13)28-30(24,25)17-7-8-29-18(17)20(23)26-2/h3-10H,1-2H3. The number of carbonyl (C=O) groups is 1. The van der Waals surface area contributed by atoms with Crippen LogP contribution in [0.1, 0.15) is 15.2 Å². The number of benzene rings is 2. The van der Waals surface area contributed by atoms with E-state index in [1.165, 1.54) is 24.6 Å². The van der Waals surface area contributed by atoms with Crippen LogP contribution in [0.25, 0.3) is 22.6 Å². The maximum Gasteiger partial charge on any atom is 0.349 e. The number of thiophene rings is 1. The van der Waals surface area contributed by atoms with Crippen molar-refractivity contribution < 1.29 is 26.5 Å². The number of halogens is 1. The van der Waals surface area contributed by atoms with Gasteiger partial charge in [-0.15, -0.1) is 11.3 Å². The summed E-state index contributed by atoms with van der Waals surface area (Å²) in [5.74, 6) is -0.670. The maximum atomic E-state index is 12.9. The first kappa shape index (κ1) is 20.4. The highest BCUT2D eigenvalue weighted by atomic mass is 35.5. The van der Waals surface area contributed by atoms with Crippen LogP contribution in [0.4, 0.5) is 0 Å². The van der Waals surface area contributed by atoms with Crippen molar-refractivity contribution >= 4 is 50.1 Å². The van der Waals surface area contributed by atoms with E-state index in [0.717, 1.165) is 16.9 Å². The molecule has 2 heterocycles.